The lowest BCUT2D eigenvalue weighted by Crippen LogP contribution is -2.37. The standard InChI is InChI=1S/C28H28N6O/c1-3-21-7-9-22(10-8-21)25-18-27-31-26(19-28(34(27)32-25)33-13-15-35-16-14-33)30-12-11-24(29)23-6-4-5-20(2)17-23/h3-12,17-19,29H,1,13-16H2,2H3,(H,30,31)/b12-11-,29-24?. The Bertz CT molecular complexity index is 1400. The van der Waals surface area contributed by atoms with Crippen LogP contribution in [-0.4, -0.2) is 46.6 Å². The maximum atomic E-state index is 8.36. The summed E-state index contributed by atoms with van der Waals surface area (Å²) in [6.07, 6.45) is 5.34. The van der Waals surface area contributed by atoms with Crippen LogP contribution >= 0.6 is 0 Å². The lowest BCUT2D eigenvalue weighted by molar-refractivity contribution is 0.122. The van der Waals surface area contributed by atoms with Gasteiger partial charge in [0.2, 0.25) is 0 Å². The molecule has 7 nitrogen and oxygen atoms in total. The molecule has 1 aliphatic heterocycles. The number of rotatable bonds is 7. The predicted molar refractivity (Wildman–Crippen MR) is 142 cm³/mol. The number of nitrogens with zero attached hydrogens (tertiary/aromatic N) is 4. The van der Waals surface area contributed by atoms with Gasteiger partial charge in [-0.2, -0.15) is 9.61 Å². The molecular formula is C28H28N6O. The van der Waals surface area contributed by atoms with E-state index in [1.165, 1.54) is 0 Å². The quantitative estimate of drug-likeness (QED) is 0.369. The SMILES string of the molecule is C=Cc1ccc(-c2cc3nc(N/C=C\C(=N)c4cccc(C)c4)cc(N4CCOCC4)n3n2)cc1. The summed E-state index contributed by atoms with van der Waals surface area (Å²) in [5, 5.41) is 16.5. The third-order valence-corrected chi connectivity index (χ3v) is 6.00. The highest BCUT2D eigenvalue weighted by molar-refractivity contribution is 6.06. The van der Waals surface area contributed by atoms with Crippen LogP contribution in [0.5, 0.6) is 0 Å². The summed E-state index contributed by atoms with van der Waals surface area (Å²) in [7, 11) is 0. The maximum absolute atomic E-state index is 8.36. The van der Waals surface area contributed by atoms with Gasteiger partial charge in [0.05, 0.1) is 24.6 Å². The second-order valence-corrected chi connectivity index (χ2v) is 8.49. The second-order valence-electron chi connectivity index (χ2n) is 8.49. The van der Waals surface area contributed by atoms with Gasteiger partial charge < -0.3 is 20.4 Å². The normalized spacial score (nSPS) is 13.9. The van der Waals surface area contributed by atoms with Crippen LogP contribution in [0.3, 0.4) is 0 Å². The van der Waals surface area contributed by atoms with Gasteiger partial charge in [-0.25, -0.2) is 4.98 Å². The first kappa shape index (κ1) is 22.6. The molecule has 0 atom stereocenters. The number of hydrogen-bond acceptors (Lipinski definition) is 6. The van der Waals surface area contributed by atoms with Crippen LogP contribution < -0.4 is 10.2 Å². The summed E-state index contributed by atoms with van der Waals surface area (Å²) < 4.78 is 7.45. The summed E-state index contributed by atoms with van der Waals surface area (Å²) in [6.45, 7) is 8.78. The van der Waals surface area contributed by atoms with Crippen molar-refractivity contribution in [3.63, 3.8) is 0 Å². The number of benzene rings is 2. The van der Waals surface area contributed by atoms with Gasteiger partial charge in [0.15, 0.2) is 5.65 Å². The van der Waals surface area contributed by atoms with Crippen LogP contribution in [-0.2, 0) is 4.74 Å². The van der Waals surface area contributed by atoms with E-state index in [4.69, 9.17) is 20.2 Å². The fraction of sp³-hybridized carbons (Fsp3) is 0.179. The number of ether oxygens (including phenoxy) is 1. The Morgan fingerprint density at radius 2 is 1.89 bits per heavy atom. The minimum Gasteiger partial charge on any atom is -0.378 e. The summed E-state index contributed by atoms with van der Waals surface area (Å²) in [5.41, 5.74) is 6.15. The molecule has 1 saturated heterocycles. The van der Waals surface area contributed by atoms with Crippen molar-refractivity contribution < 1.29 is 4.74 Å². The Morgan fingerprint density at radius 1 is 1.09 bits per heavy atom. The molecule has 5 rings (SSSR count). The maximum Gasteiger partial charge on any atom is 0.160 e. The highest BCUT2D eigenvalue weighted by atomic mass is 16.5. The van der Waals surface area contributed by atoms with E-state index in [1.807, 2.05) is 78.2 Å². The minimum absolute atomic E-state index is 0.435. The minimum atomic E-state index is 0.435. The van der Waals surface area contributed by atoms with E-state index in [-0.39, 0.29) is 0 Å². The molecular weight excluding hydrogens is 436 g/mol. The van der Waals surface area contributed by atoms with Gasteiger partial charge in [0, 0.05) is 37.0 Å². The molecule has 7 heteroatoms. The summed E-state index contributed by atoms with van der Waals surface area (Å²) in [6, 6.07) is 20.1. The number of allylic oxidation sites excluding steroid dienone is 1. The van der Waals surface area contributed by atoms with E-state index >= 15 is 0 Å². The number of nitrogens with one attached hydrogen (secondary N) is 2. The summed E-state index contributed by atoms with van der Waals surface area (Å²) >= 11 is 0. The monoisotopic (exact) mass is 464 g/mol. The van der Waals surface area contributed by atoms with Gasteiger partial charge in [-0.15, -0.1) is 0 Å². The lowest BCUT2D eigenvalue weighted by Gasteiger charge is -2.29. The van der Waals surface area contributed by atoms with E-state index in [0.29, 0.717) is 24.7 Å². The Morgan fingerprint density at radius 3 is 2.63 bits per heavy atom. The van der Waals surface area contributed by atoms with Crippen LogP contribution in [0.25, 0.3) is 23.0 Å². The Labute approximate surface area is 204 Å². The fourth-order valence-electron chi connectivity index (χ4n) is 4.10. The van der Waals surface area contributed by atoms with Crippen LogP contribution in [0, 0.1) is 12.3 Å². The number of fused-ring (bicyclic) bond motifs is 1. The van der Waals surface area contributed by atoms with E-state index in [9.17, 15) is 0 Å². The van der Waals surface area contributed by atoms with Gasteiger partial charge in [0.25, 0.3) is 0 Å². The number of anilines is 2. The molecule has 0 unspecified atom stereocenters. The zero-order valence-electron chi connectivity index (χ0n) is 19.7. The molecule has 0 saturated carbocycles. The average Bonchev–Trinajstić information content (AvgIpc) is 3.33. The zero-order chi connectivity index (χ0) is 24.2. The fourth-order valence-corrected chi connectivity index (χ4v) is 4.10. The molecule has 2 aromatic carbocycles. The molecule has 3 heterocycles. The lowest BCUT2D eigenvalue weighted by atomic mass is 10.1. The highest BCUT2D eigenvalue weighted by Crippen LogP contribution is 2.26. The van der Waals surface area contributed by atoms with Crippen LogP contribution in [0.1, 0.15) is 16.7 Å². The molecule has 0 spiro atoms. The summed E-state index contributed by atoms with van der Waals surface area (Å²) in [4.78, 5) is 7.05. The molecule has 1 fully saturated rings. The first-order valence-electron chi connectivity index (χ1n) is 11.7. The molecule has 176 valence electrons. The third-order valence-electron chi connectivity index (χ3n) is 6.00. The smallest absolute Gasteiger partial charge is 0.160 e. The summed E-state index contributed by atoms with van der Waals surface area (Å²) in [5.74, 6) is 1.65. The first-order chi connectivity index (χ1) is 17.1. The molecule has 4 aromatic rings. The van der Waals surface area contributed by atoms with Crippen LogP contribution in [0.15, 0.2) is 79.5 Å². The Kier molecular flexibility index (Phi) is 6.41. The van der Waals surface area contributed by atoms with E-state index in [2.05, 4.69) is 16.8 Å². The number of morpholine rings is 1. The molecule has 35 heavy (non-hydrogen) atoms. The molecule has 0 aliphatic carbocycles. The largest absolute Gasteiger partial charge is 0.378 e. The van der Waals surface area contributed by atoms with E-state index in [1.54, 1.807) is 12.3 Å². The van der Waals surface area contributed by atoms with Gasteiger partial charge in [-0.1, -0.05) is 60.7 Å². The number of hydrogen-bond donors (Lipinski definition) is 2. The molecule has 0 amide bonds. The van der Waals surface area contributed by atoms with Crippen LogP contribution in [0.4, 0.5) is 11.6 Å². The molecule has 0 radical (unpaired) electrons. The van der Waals surface area contributed by atoms with Crippen molar-refractivity contribution in [2.45, 2.75) is 6.92 Å². The number of aryl methyl sites for hydroxylation is 1. The van der Waals surface area contributed by atoms with Crippen molar-refractivity contribution in [1.29, 1.82) is 5.41 Å². The van der Waals surface area contributed by atoms with Gasteiger partial charge in [0.1, 0.15) is 11.6 Å². The van der Waals surface area contributed by atoms with Gasteiger partial charge in [-0.05, 0) is 30.2 Å². The second kappa shape index (κ2) is 9.95. The van der Waals surface area contributed by atoms with E-state index < -0.39 is 0 Å². The predicted octanol–water partition coefficient (Wildman–Crippen LogP) is 5.18. The molecule has 2 aromatic heterocycles. The highest BCUT2D eigenvalue weighted by Gasteiger charge is 2.18. The topological polar surface area (TPSA) is 78.5 Å². The Hall–Kier alpha value is -4.23. The Balaban J connectivity index is 1.46. The van der Waals surface area contributed by atoms with Gasteiger partial charge in [-0.3, -0.25) is 0 Å². The third kappa shape index (κ3) is 5.00. The average molecular weight is 465 g/mol. The van der Waals surface area contributed by atoms with Crippen molar-refractivity contribution in [3.8, 4) is 11.3 Å². The first-order valence-corrected chi connectivity index (χ1v) is 11.7. The van der Waals surface area contributed by atoms with Crippen molar-refractivity contribution in [2.24, 2.45) is 0 Å². The van der Waals surface area contributed by atoms with Gasteiger partial charge >= 0.3 is 0 Å². The molecule has 0 bridgehead atoms. The van der Waals surface area contributed by atoms with Crippen LogP contribution in [0.2, 0.25) is 0 Å². The van der Waals surface area contributed by atoms with Crippen molar-refractivity contribution in [2.75, 3.05) is 36.5 Å². The van der Waals surface area contributed by atoms with Crippen molar-refractivity contribution >= 4 is 29.1 Å². The van der Waals surface area contributed by atoms with E-state index in [0.717, 1.165) is 52.5 Å². The molecule has 1 aliphatic rings. The number of aromatic nitrogens is 3. The molecule has 2 N–H and O–H groups in total. The van der Waals surface area contributed by atoms with Crippen molar-refractivity contribution in [3.05, 3.63) is 96.2 Å². The van der Waals surface area contributed by atoms with Crippen molar-refractivity contribution in [1.82, 2.24) is 14.6 Å². The zero-order valence-corrected chi connectivity index (χ0v) is 19.7.